The van der Waals surface area contributed by atoms with Crippen molar-refractivity contribution in [2.75, 3.05) is 18.0 Å². The second-order valence-corrected chi connectivity index (χ2v) is 6.77. The van der Waals surface area contributed by atoms with E-state index in [1.165, 1.54) is 18.4 Å². The van der Waals surface area contributed by atoms with Gasteiger partial charge in [0, 0.05) is 24.5 Å². The normalized spacial score (nSPS) is 19.9. The van der Waals surface area contributed by atoms with Crippen LogP contribution in [0, 0.1) is 0 Å². The lowest BCUT2D eigenvalue weighted by Gasteiger charge is -2.32. The Bertz CT molecular complexity index is 738. The summed E-state index contributed by atoms with van der Waals surface area (Å²) in [6.07, 6.45) is 2.63. The lowest BCUT2D eigenvalue weighted by molar-refractivity contribution is -0.137. The van der Waals surface area contributed by atoms with Gasteiger partial charge in [-0.25, -0.2) is 0 Å². The summed E-state index contributed by atoms with van der Waals surface area (Å²) in [5.74, 6) is 0.546. The lowest BCUT2D eigenvalue weighted by atomic mass is 10.1. The molecule has 1 aliphatic heterocycles. The molecule has 140 valence electrons. The third-order valence-corrected chi connectivity index (χ3v) is 4.98. The van der Waals surface area contributed by atoms with Crippen molar-refractivity contribution in [1.82, 2.24) is 10.3 Å². The van der Waals surface area contributed by atoms with Crippen LogP contribution in [0.15, 0.2) is 42.7 Å². The van der Waals surface area contributed by atoms with E-state index >= 15 is 0 Å². The SMILES string of the molecule is Cl.FC(F)(F)c1ccc(N(c2cnccc2C2CC2)[C@H]2CCNC2)cc1. The smallest absolute Gasteiger partial charge is 0.336 e. The van der Waals surface area contributed by atoms with Crippen LogP contribution in [0.1, 0.15) is 36.3 Å². The van der Waals surface area contributed by atoms with Crippen molar-refractivity contribution < 1.29 is 13.2 Å². The van der Waals surface area contributed by atoms with Crippen molar-refractivity contribution in [3.63, 3.8) is 0 Å². The predicted molar refractivity (Wildman–Crippen MR) is 98.3 cm³/mol. The summed E-state index contributed by atoms with van der Waals surface area (Å²) in [6, 6.07) is 7.75. The maximum absolute atomic E-state index is 12.9. The molecule has 0 unspecified atom stereocenters. The minimum absolute atomic E-state index is 0. The zero-order valence-corrected chi connectivity index (χ0v) is 15.0. The minimum atomic E-state index is -4.31. The zero-order chi connectivity index (χ0) is 17.4. The number of alkyl halides is 3. The van der Waals surface area contributed by atoms with Crippen LogP contribution in [0.4, 0.5) is 24.5 Å². The van der Waals surface area contributed by atoms with Crippen LogP contribution >= 0.6 is 12.4 Å². The van der Waals surface area contributed by atoms with Crippen molar-refractivity contribution in [3.8, 4) is 0 Å². The van der Waals surface area contributed by atoms with E-state index in [-0.39, 0.29) is 18.4 Å². The standard InChI is InChI=1S/C19H20F3N3.ClH/c20-19(21,22)14-3-5-15(6-4-14)25(16-7-9-23-11-16)18-12-24-10-8-17(18)13-1-2-13;/h3-6,8,10,12-13,16,23H,1-2,7,9,11H2;1H/t16-;/m0./s1. The fourth-order valence-corrected chi connectivity index (χ4v) is 3.56. The highest BCUT2D eigenvalue weighted by Crippen LogP contribution is 2.46. The van der Waals surface area contributed by atoms with Crippen LogP contribution in [0.5, 0.6) is 0 Å². The van der Waals surface area contributed by atoms with E-state index in [2.05, 4.69) is 15.2 Å². The van der Waals surface area contributed by atoms with Crippen molar-refractivity contribution in [2.45, 2.75) is 37.4 Å². The van der Waals surface area contributed by atoms with Gasteiger partial charge in [-0.15, -0.1) is 12.4 Å². The highest BCUT2D eigenvalue weighted by molar-refractivity contribution is 5.85. The highest BCUT2D eigenvalue weighted by atomic mass is 35.5. The second-order valence-electron chi connectivity index (χ2n) is 6.77. The highest BCUT2D eigenvalue weighted by Gasteiger charge is 2.33. The molecule has 4 rings (SSSR count). The van der Waals surface area contributed by atoms with E-state index in [0.717, 1.165) is 43.0 Å². The summed E-state index contributed by atoms with van der Waals surface area (Å²) in [5, 5.41) is 3.35. The van der Waals surface area contributed by atoms with Gasteiger partial charge >= 0.3 is 6.18 Å². The van der Waals surface area contributed by atoms with Crippen molar-refractivity contribution >= 4 is 23.8 Å². The molecule has 1 aromatic carbocycles. The van der Waals surface area contributed by atoms with Crippen LogP contribution < -0.4 is 10.2 Å². The van der Waals surface area contributed by atoms with Gasteiger partial charge in [-0.1, -0.05) is 0 Å². The Morgan fingerprint density at radius 2 is 1.77 bits per heavy atom. The number of anilines is 2. The molecule has 0 radical (unpaired) electrons. The summed E-state index contributed by atoms with van der Waals surface area (Å²) >= 11 is 0. The molecule has 2 heterocycles. The molecule has 3 nitrogen and oxygen atoms in total. The van der Waals surface area contributed by atoms with E-state index in [4.69, 9.17) is 0 Å². The summed E-state index contributed by atoms with van der Waals surface area (Å²) < 4.78 is 38.7. The third kappa shape index (κ3) is 3.81. The van der Waals surface area contributed by atoms with Gasteiger partial charge in [-0.05, 0) is 67.6 Å². The molecule has 1 saturated carbocycles. The van der Waals surface area contributed by atoms with E-state index < -0.39 is 11.7 Å². The number of hydrogen-bond donors (Lipinski definition) is 1. The molecular formula is C19H21ClF3N3. The second kappa shape index (κ2) is 7.45. The molecule has 1 saturated heterocycles. The monoisotopic (exact) mass is 383 g/mol. The number of nitrogens with one attached hydrogen (secondary N) is 1. The molecule has 1 atom stereocenters. The number of pyridine rings is 1. The number of hydrogen-bond acceptors (Lipinski definition) is 3. The zero-order valence-electron chi connectivity index (χ0n) is 14.2. The Hall–Kier alpha value is -1.79. The van der Waals surface area contributed by atoms with Crippen LogP contribution in [-0.4, -0.2) is 24.1 Å². The minimum Gasteiger partial charge on any atom is -0.336 e. The third-order valence-electron chi connectivity index (χ3n) is 4.98. The molecule has 0 amide bonds. The van der Waals surface area contributed by atoms with Crippen molar-refractivity contribution in [1.29, 1.82) is 0 Å². The average Bonchev–Trinajstić information content (AvgIpc) is 3.31. The summed E-state index contributed by atoms with van der Waals surface area (Å²) in [7, 11) is 0. The number of halogens is 4. The quantitative estimate of drug-likeness (QED) is 0.814. The van der Waals surface area contributed by atoms with Gasteiger partial charge in [0.15, 0.2) is 0 Å². The summed E-state index contributed by atoms with van der Waals surface area (Å²) in [5.41, 5.74) is 2.45. The van der Waals surface area contributed by atoms with Gasteiger partial charge in [0.2, 0.25) is 0 Å². The Morgan fingerprint density at radius 3 is 2.35 bits per heavy atom. The first-order chi connectivity index (χ1) is 12.0. The Morgan fingerprint density at radius 1 is 1.04 bits per heavy atom. The van der Waals surface area contributed by atoms with Gasteiger partial charge in [-0.3, -0.25) is 4.98 Å². The summed E-state index contributed by atoms with van der Waals surface area (Å²) in [4.78, 5) is 6.46. The van der Waals surface area contributed by atoms with Crippen molar-refractivity contribution in [2.24, 2.45) is 0 Å². The van der Waals surface area contributed by atoms with E-state index in [0.29, 0.717) is 5.92 Å². The molecular weight excluding hydrogens is 363 g/mol. The number of benzene rings is 1. The lowest BCUT2D eigenvalue weighted by Crippen LogP contribution is -2.33. The molecule has 0 spiro atoms. The summed E-state index contributed by atoms with van der Waals surface area (Å²) in [6.45, 7) is 1.74. The molecule has 1 aromatic heterocycles. The molecule has 2 aliphatic rings. The maximum Gasteiger partial charge on any atom is 0.416 e. The molecule has 1 N–H and O–H groups in total. The average molecular weight is 384 g/mol. The van der Waals surface area contributed by atoms with Crippen molar-refractivity contribution in [3.05, 3.63) is 53.9 Å². The fourth-order valence-electron chi connectivity index (χ4n) is 3.56. The van der Waals surface area contributed by atoms with Gasteiger partial charge in [0.25, 0.3) is 0 Å². The number of rotatable bonds is 4. The molecule has 1 aliphatic carbocycles. The maximum atomic E-state index is 12.9. The first kappa shape index (κ1) is 19.0. The Kier molecular flexibility index (Phi) is 5.44. The van der Waals surface area contributed by atoms with Gasteiger partial charge < -0.3 is 10.2 Å². The Balaban J connectivity index is 0.00000196. The Labute approximate surface area is 157 Å². The van der Waals surface area contributed by atoms with Crippen LogP contribution in [0.3, 0.4) is 0 Å². The molecule has 26 heavy (non-hydrogen) atoms. The van der Waals surface area contributed by atoms with Gasteiger partial charge in [-0.2, -0.15) is 13.2 Å². The molecule has 7 heteroatoms. The molecule has 0 bridgehead atoms. The van der Waals surface area contributed by atoms with Crippen LogP contribution in [0.25, 0.3) is 0 Å². The van der Waals surface area contributed by atoms with E-state index in [1.807, 2.05) is 12.3 Å². The molecule has 2 fully saturated rings. The first-order valence-corrected chi connectivity index (χ1v) is 8.65. The van der Waals surface area contributed by atoms with Gasteiger partial charge in [0.1, 0.15) is 0 Å². The fraction of sp³-hybridized carbons (Fsp3) is 0.421. The van der Waals surface area contributed by atoms with Crippen LogP contribution in [0.2, 0.25) is 0 Å². The van der Waals surface area contributed by atoms with E-state index in [1.54, 1.807) is 18.3 Å². The number of aromatic nitrogens is 1. The topological polar surface area (TPSA) is 28.2 Å². The number of nitrogens with zero attached hydrogens (tertiary/aromatic N) is 2. The molecule has 2 aromatic rings. The first-order valence-electron chi connectivity index (χ1n) is 8.65. The van der Waals surface area contributed by atoms with Gasteiger partial charge in [0.05, 0.1) is 17.4 Å². The van der Waals surface area contributed by atoms with Crippen LogP contribution in [-0.2, 0) is 6.18 Å². The van der Waals surface area contributed by atoms with E-state index in [9.17, 15) is 13.2 Å². The largest absolute Gasteiger partial charge is 0.416 e. The predicted octanol–water partition coefficient (Wildman–Crippen LogP) is 4.90.